The van der Waals surface area contributed by atoms with Gasteiger partial charge in [-0.05, 0) is 37.1 Å². The van der Waals surface area contributed by atoms with Gasteiger partial charge in [0.05, 0.1) is 22.5 Å². The van der Waals surface area contributed by atoms with Crippen molar-refractivity contribution in [3.05, 3.63) is 81.9 Å². The molecule has 8 nitrogen and oxygen atoms in total. The van der Waals surface area contributed by atoms with E-state index in [1.54, 1.807) is 41.7 Å². The normalized spacial score (nSPS) is 11.0. The molecule has 0 unspecified atom stereocenters. The van der Waals surface area contributed by atoms with Crippen molar-refractivity contribution in [2.24, 2.45) is 0 Å². The first kappa shape index (κ1) is 20.7. The number of nitrogens with zero attached hydrogens (tertiary/aromatic N) is 5. The van der Waals surface area contributed by atoms with E-state index < -0.39 is 0 Å². The maximum atomic E-state index is 12.8. The summed E-state index contributed by atoms with van der Waals surface area (Å²) in [5.74, 6) is 0.618. The number of rotatable bonds is 8. The van der Waals surface area contributed by atoms with Crippen LogP contribution in [0.15, 0.2) is 60.0 Å². The van der Waals surface area contributed by atoms with Crippen LogP contribution in [0.3, 0.4) is 0 Å². The third-order valence-corrected chi connectivity index (χ3v) is 5.49. The Morgan fingerprint density at radius 2 is 2.06 bits per heavy atom. The van der Waals surface area contributed by atoms with Crippen LogP contribution in [0, 0.1) is 6.92 Å². The average Bonchev–Trinajstić information content (AvgIpc) is 3.33. The van der Waals surface area contributed by atoms with Crippen molar-refractivity contribution >= 4 is 17.4 Å². The lowest BCUT2D eigenvalue weighted by atomic mass is 10.1. The van der Waals surface area contributed by atoms with Crippen LogP contribution in [-0.2, 0) is 17.8 Å². The minimum Gasteiger partial charge on any atom is -0.300 e. The molecule has 0 aliphatic heterocycles. The largest absolute Gasteiger partial charge is 0.300 e. The van der Waals surface area contributed by atoms with Gasteiger partial charge in [-0.1, -0.05) is 17.7 Å². The first-order valence-electron chi connectivity index (χ1n) is 9.88. The molecule has 0 aliphatic rings. The highest BCUT2D eigenvalue weighted by molar-refractivity contribution is 6.31. The molecule has 0 aromatic carbocycles. The van der Waals surface area contributed by atoms with Gasteiger partial charge in [-0.2, -0.15) is 5.10 Å². The molecular formula is C22H21ClN6O2. The number of hydrogen-bond acceptors (Lipinski definition) is 5. The standard InChI is InChI=1S/C22H21ClN6O2/c1-15-20(23)14-26-28(15)10-7-18(30)5-4-16-6-9-25-21(11-16)29-22(31)19(13-27-29)17-3-2-8-24-12-17/h2-3,6,8-9,11-14,27H,4-5,7,10H2,1H3. The molecule has 0 spiro atoms. The fourth-order valence-electron chi connectivity index (χ4n) is 3.30. The Bertz CT molecular complexity index is 1260. The fraction of sp³-hybridized carbons (Fsp3) is 0.227. The number of aromatic nitrogens is 6. The van der Waals surface area contributed by atoms with Gasteiger partial charge in [0, 0.05) is 49.7 Å². The number of hydrogen-bond donors (Lipinski definition) is 1. The molecule has 4 aromatic rings. The summed E-state index contributed by atoms with van der Waals surface area (Å²) < 4.78 is 3.13. The zero-order valence-electron chi connectivity index (χ0n) is 17.0. The van der Waals surface area contributed by atoms with Crippen LogP contribution in [-0.4, -0.2) is 35.3 Å². The van der Waals surface area contributed by atoms with Crippen LogP contribution in [0.5, 0.6) is 0 Å². The van der Waals surface area contributed by atoms with E-state index in [0.29, 0.717) is 42.2 Å². The summed E-state index contributed by atoms with van der Waals surface area (Å²) in [6.45, 7) is 2.38. The minimum atomic E-state index is -0.207. The number of aromatic amines is 1. The van der Waals surface area contributed by atoms with Gasteiger partial charge < -0.3 is 0 Å². The zero-order chi connectivity index (χ0) is 21.8. The highest BCUT2D eigenvalue weighted by Crippen LogP contribution is 2.16. The lowest BCUT2D eigenvalue weighted by Gasteiger charge is -2.06. The average molecular weight is 437 g/mol. The van der Waals surface area contributed by atoms with Crippen LogP contribution in [0.4, 0.5) is 0 Å². The second-order valence-corrected chi connectivity index (χ2v) is 7.59. The summed E-state index contributed by atoms with van der Waals surface area (Å²) in [5.41, 5.74) is 2.83. The molecule has 1 N–H and O–H groups in total. The number of halogens is 1. The first-order valence-corrected chi connectivity index (χ1v) is 10.3. The Hall–Kier alpha value is -3.52. The Morgan fingerprint density at radius 3 is 2.81 bits per heavy atom. The number of nitrogens with one attached hydrogen (secondary N) is 1. The highest BCUT2D eigenvalue weighted by Gasteiger charge is 2.12. The van der Waals surface area contributed by atoms with Gasteiger partial charge in [0.1, 0.15) is 5.78 Å². The molecule has 0 atom stereocenters. The summed E-state index contributed by atoms with van der Waals surface area (Å²) in [6.07, 6.45) is 9.52. The minimum absolute atomic E-state index is 0.139. The van der Waals surface area contributed by atoms with Crippen molar-refractivity contribution in [3.63, 3.8) is 0 Å². The summed E-state index contributed by atoms with van der Waals surface area (Å²) in [7, 11) is 0. The maximum absolute atomic E-state index is 12.8. The van der Waals surface area contributed by atoms with Gasteiger partial charge in [-0.15, -0.1) is 0 Å². The van der Waals surface area contributed by atoms with Crippen molar-refractivity contribution in [3.8, 4) is 16.9 Å². The molecule has 0 saturated heterocycles. The number of pyridine rings is 2. The molecule has 9 heteroatoms. The molecule has 0 fully saturated rings. The van der Waals surface area contributed by atoms with Gasteiger partial charge in [-0.3, -0.25) is 24.4 Å². The summed E-state index contributed by atoms with van der Waals surface area (Å²) >= 11 is 5.99. The van der Waals surface area contributed by atoms with E-state index in [-0.39, 0.29) is 11.3 Å². The maximum Gasteiger partial charge on any atom is 0.280 e. The lowest BCUT2D eigenvalue weighted by Crippen LogP contribution is -2.17. The summed E-state index contributed by atoms with van der Waals surface area (Å²) in [5, 5.41) is 7.72. The lowest BCUT2D eigenvalue weighted by molar-refractivity contribution is -0.119. The van der Waals surface area contributed by atoms with Crippen LogP contribution >= 0.6 is 11.6 Å². The smallest absolute Gasteiger partial charge is 0.280 e. The molecule has 0 saturated carbocycles. The molecule has 0 amide bonds. The van der Waals surface area contributed by atoms with E-state index in [2.05, 4.69) is 20.2 Å². The topological polar surface area (TPSA) is 98.5 Å². The zero-order valence-corrected chi connectivity index (χ0v) is 17.7. The molecule has 0 aliphatic carbocycles. The molecule has 158 valence electrons. The Balaban J connectivity index is 1.41. The summed E-state index contributed by atoms with van der Waals surface area (Å²) in [6, 6.07) is 7.28. The molecule has 4 aromatic heterocycles. The second-order valence-electron chi connectivity index (χ2n) is 7.18. The predicted octanol–water partition coefficient (Wildman–Crippen LogP) is 3.37. The number of H-pyrrole nitrogens is 1. The third-order valence-electron chi connectivity index (χ3n) is 5.12. The SMILES string of the molecule is Cc1c(Cl)cnn1CCC(=O)CCc1ccnc(-n2[nH]cc(-c3cccnc3)c2=O)c1. The Kier molecular flexibility index (Phi) is 6.08. The van der Waals surface area contributed by atoms with Crippen molar-refractivity contribution in [2.45, 2.75) is 32.7 Å². The van der Waals surface area contributed by atoms with Crippen molar-refractivity contribution < 1.29 is 4.79 Å². The van der Waals surface area contributed by atoms with Crippen LogP contribution in [0.1, 0.15) is 24.1 Å². The molecule has 31 heavy (non-hydrogen) atoms. The monoisotopic (exact) mass is 436 g/mol. The number of Topliss-reactive ketones (excluding diaryl/α,β-unsaturated/α-hetero) is 1. The predicted molar refractivity (Wildman–Crippen MR) is 117 cm³/mol. The number of aryl methyl sites for hydroxylation is 2. The van der Waals surface area contributed by atoms with Gasteiger partial charge in [0.25, 0.3) is 5.56 Å². The van der Waals surface area contributed by atoms with E-state index in [1.165, 1.54) is 4.68 Å². The highest BCUT2D eigenvalue weighted by atomic mass is 35.5. The number of carbonyl (C=O) groups excluding carboxylic acids is 1. The fourth-order valence-corrected chi connectivity index (χ4v) is 3.44. The van der Waals surface area contributed by atoms with Gasteiger partial charge in [-0.25, -0.2) is 9.67 Å². The number of ketones is 1. The summed E-state index contributed by atoms with van der Waals surface area (Å²) in [4.78, 5) is 33.5. The molecule has 0 radical (unpaired) electrons. The van der Waals surface area contributed by atoms with E-state index >= 15 is 0 Å². The molecular weight excluding hydrogens is 416 g/mol. The molecule has 4 heterocycles. The van der Waals surface area contributed by atoms with Gasteiger partial charge >= 0.3 is 0 Å². The van der Waals surface area contributed by atoms with Crippen molar-refractivity contribution in [1.29, 1.82) is 0 Å². The van der Waals surface area contributed by atoms with E-state index in [1.807, 2.05) is 25.1 Å². The van der Waals surface area contributed by atoms with E-state index in [4.69, 9.17) is 11.6 Å². The van der Waals surface area contributed by atoms with Gasteiger partial charge in [0.2, 0.25) is 0 Å². The van der Waals surface area contributed by atoms with Crippen LogP contribution in [0.25, 0.3) is 16.9 Å². The Labute approximate surface area is 183 Å². The van der Waals surface area contributed by atoms with E-state index in [0.717, 1.165) is 16.8 Å². The van der Waals surface area contributed by atoms with E-state index in [9.17, 15) is 9.59 Å². The first-order chi connectivity index (χ1) is 15.0. The van der Waals surface area contributed by atoms with Crippen molar-refractivity contribution in [2.75, 3.05) is 0 Å². The van der Waals surface area contributed by atoms with Crippen molar-refractivity contribution in [1.82, 2.24) is 29.5 Å². The quantitative estimate of drug-likeness (QED) is 0.456. The molecule has 0 bridgehead atoms. The van der Waals surface area contributed by atoms with Gasteiger partial charge in [0.15, 0.2) is 5.82 Å². The van der Waals surface area contributed by atoms with Crippen LogP contribution < -0.4 is 5.56 Å². The third kappa shape index (κ3) is 4.64. The molecule has 4 rings (SSSR count). The second kappa shape index (κ2) is 9.09. The Morgan fingerprint density at radius 1 is 1.19 bits per heavy atom. The van der Waals surface area contributed by atoms with Crippen LogP contribution in [0.2, 0.25) is 5.02 Å². The number of carbonyl (C=O) groups is 1.